The topological polar surface area (TPSA) is 80.0 Å². The lowest BCUT2D eigenvalue weighted by atomic mass is 9.97. The summed E-state index contributed by atoms with van der Waals surface area (Å²) in [7, 11) is 1.43. The largest absolute Gasteiger partial charge is 0.504 e. The molecule has 1 unspecified atom stereocenters. The van der Waals surface area contributed by atoms with Crippen LogP contribution in [0.5, 0.6) is 11.5 Å². The van der Waals surface area contributed by atoms with Crippen molar-refractivity contribution >= 4 is 50.1 Å². The molecule has 1 atom stereocenters. The molecule has 1 amide bonds. The molecule has 4 aromatic rings. The van der Waals surface area contributed by atoms with Crippen LogP contribution in [0.25, 0.3) is 11.0 Å². The smallest absolute Gasteiger partial charge is 0.295 e. The molecule has 0 spiro atoms. The Morgan fingerprint density at radius 3 is 2.66 bits per heavy atom. The Kier molecular flexibility index (Phi) is 4.95. The number of aromatic hydroxyl groups is 1. The van der Waals surface area contributed by atoms with Gasteiger partial charge in [-0.1, -0.05) is 39.7 Å². The molecule has 1 aromatic heterocycles. The number of carbonyl (C=O) groups excluding carboxylic acids is 1. The summed E-state index contributed by atoms with van der Waals surface area (Å²) >= 11 is 9.56. The van der Waals surface area contributed by atoms with Crippen LogP contribution in [0.15, 0.2) is 74.3 Å². The Balaban J connectivity index is 1.83. The van der Waals surface area contributed by atoms with E-state index in [4.69, 9.17) is 20.8 Å². The molecular weight excluding hydrogens is 498 g/mol. The van der Waals surface area contributed by atoms with Crippen molar-refractivity contribution in [2.24, 2.45) is 0 Å². The maximum Gasteiger partial charge on any atom is 0.295 e. The van der Waals surface area contributed by atoms with Crippen LogP contribution in [0, 0.1) is 0 Å². The van der Waals surface area contributed by atoms with Gasteiger partial charge in [0, 0.05) is 15.2 Å². The van der Waals surface area contributed by atoms with E-state index < -0.39 is 11.9 Å². The van der Waals surface area contributed by atoms with Crippen LogP contribution < -0.4 is 15.1 Å². The molecule has 1 aliphatic heterocycles. The molecule has 2 heterocycles. The number of hydrogen-bond donors (Lipinski definition) is 1. The highest BCUT2D eigenvalue weighted by Gasteiger charge is 2.44. The van der Waals surface area contributed by atoms with E-state index >= 15 is 0 Å². The van der Waals surface area contributed by atoms with Crippen LogP contribution in [0.3, 0.4) is 0 Å². The molecule has 160 valence electrons. The first kappa shape index (κ1) is 20.6. The fourth-order valence-corrected chi connectivity index (χ4v) is 4.58. The van der Waals surface area contributed by atoms with Gasteiger partial charge >= 0.3 is 0 Å². The molecule has 8 heteroatoms. The van der Waals surface area contributed by atoms with Crippen molar-refractivity contribution < 1.29 is 19.1 Å². The predicted molar refractivity (Wildman–Crippen MR) is 125 cm³/mol. The lowest BCUT2D eigenvalue weighted by molar-refractivity contribution is 0.0971. The Morgan fingerprint density at radius 1 is 1.09 bits per heavy atom. The first-order valence-electron chi connectivity index (χ1n) is 9.61. The summed E-state index contributed by atoms with van der Waals surface area (Å²) in [5.74, 6) is -0.288. The number of phenols is 1. The van der Waals surface area contributed by atoms with Crippen LogP contribution in [0.1, 0.15) is 27.7 Å². The fraction of sp³-hybridized carbons (Fsp3) is 0.0833. The Morgan fingerprint density at radius 2 is 1.91 bits per heavy atom. The minimum absolute atomic E-state index is 0.0261. The second kappa shape index (κ2) is 7.69. The predicted octanol–water partition coefficient (Wildman–Crippen LogP) is 5.67. The number of benzene rings is 3. The molecular formula is C24H15BrClNO5. The summed E-state index contributed by atoms with van der Waals surface area (Å²) in [5, 5.41) is 10.7. The van der Waals surface area contributed by atoms with Crippen molar-refractivity contribution in [2.75, 3.05) is 12.0 Å². The van der Waals surface area contributed by atoms with E-state index in [1.807, 2.05) is 6.07 Å². The quantitative estimate of drug-likeness (QED) is 0.382. The summed E-state index contributed by atoms with van der Waals surface area (Å²) in [6.07, 6.45) is 0. The summed E-state index contributed by atoms with van der Waals surface area (Å²) in [6, 6.07) is 15.9. The van der Waals surface area contributed by atoms with Crippen molar-refractivity contribution in [1.82, 2.24) is 0 Å². The Hall–Kier alpha value is -3.29. The Bertz CT molecular complexity index is 1460. The number of fused-ring (bicyclic) bond motifs is 2. The van der Waals surface area contributed by atoms with Crippen LogP contribution in [-0.4, -0.2) is 18.1 Å². The molecule has 0 fully saturated rings. The molecule has 6 nitrogen and oxygen atoms in total. The first-order valence-corrected chi connectivity index (χ1v) is 10.8. The van der Waals surface area contributed by atoms with Gasteiger partial charge in [0.1, 0.15) is 5.58 Å². The van der Waals surface area contributed by atoms with Gasteiger partial charge in [0.15, 0.2) is 16.9 Å². The monoisotopic (exact) mass is 511 g/mol. The van der Waals surface area contributed by atoms with Gasteiger partial charge < -0.3 is 14.3 Å². The summed E-state index contributed by atoms with van der Waals surface area (Å²) in [5.41, 5.74) is 1.31. The van der Waals surface area contributed by atoms with Gasteiger partial charge in [-0.2, -0.15) is 0 Å². The molecule has 0 aliphatic carbocycles. The normalized spacial score (nSPS) is 15.3. The van der Waals surface area contributed by atoms with E-state index in [0.29, 0.717) is 16.3 Å². The number of hydrogen-bond acceptors (Lipinski definition) is 5. The number of halogens is 2. The van der Waals surface area contributed by atoms with E-state index in [2.05, 4.69) is 15.9 Å². The maximum atomic E-state index is 13.6. The fourth-order valence-electron chi connectivity index (χ4n) is 4.02. The zero-order valence-corrected chi connectivity index (χ0v) is 19.0. The van der Waals surface area contributed by atoms with Gasteiger partial charge in [-0.15, -0.1) is 0 Å². The molecule has 0 saturated heterocycles. The van der Waals surface area contributed by atoms with Crippen molar-refractivity contribution in [3.05, 3.63) is 97.3 Å². The van der Waals surface area contributed by atoms with E-state index in [1.54, 1.807) is 42.5 Å². The lowest BCUT2D eigenvalue weighted by Crippen LogP contribution is -2.29. The third-order valence-corrected chi connectivity index (χ3v) is 6.17. The maximum absolute atomic E-state index is 13.6. The van der Waals surface area contributed by atoms with E-state index in [1.165, 1.54) is 24.1 Å². The summed E-state index contributed by atoms with van der Waals surface area (Å²) in [4.78, 5) is 28.6. The minimum atomic E-state index is -0.791. The zero-order valence-electron chi connectivity index (χ0n) is 16.6. The van der Waals surface area contributed by atoms with Gasteiger partial charge in [-0.3, -0.25) is 14.5 Å². The second-order valence-electron chi connectivity index (χ2n) is 7.30. The van der Waals surface area contributed by atoms with Gasteiger partial charge in [-0.05, 0) is 54.1 Å². The van der Waals surface area contributed by atoms with Gasteiger partial charge in [0.05, 0.1) is 24.1 Å². The molecule has 0 bridgehead atoms. The van der Waals surface area contributed by atoms with Gasteiger partial charge in [-0.25, -0.2) is 0 Å². The van der Waals surface area contributed by atoms with Gasteiger partial charge in [0.2, 0.25) is 5.76 Å². The molecule has 32 heavy (non-hydrogen) atoms. The number of phenolic OH excluding ortho intramolecular Hbond substituents is 1. The van der Waals surface area contributed by atoms with Gasteiger partial charge in [0.25, 0.3) is 5.91 Å². The molecule has 1 N–H and O–H groups in total. The van der Waals surface area contributed by atoms with E-state index in [9.17, 15) is 14.7 Å². The molecule has 0 saturated carbocycles. The Labute approximate surface area is 195 Å². The summed E-state index contributed by atoms with van der Waals surface area (Å²) in [6.45, 7) is 0. The number of nitrogens with zero attached hydrogens (tertiary/aromatic N) is 1. The summed E-state index contributed by atoms with van der Waals surface area (Å²) < 4.78 is 12.0. The van der Waals surface area contributed by atoms with Crippen LogP contribution in [-0.2, 0) is 0 Å². The average molecular weight is 513 g/mol. The zero-order chi connectivity index (χ0) is 22.6. The standard InChI is InChI=1S/C24H15BrClNO5/c1-31-19-9-12(5-7-17(19)28)21-20-22(29)16-11-14(26)6-8-18(16)32-23(20)24(30)27(21)15-4-2-3-13(25)10-15/h2-11,21,28H,1H3. The first-order chi connectivity index (χ1) is 15.4. The van der Waals surface area contributed by atoms with Crippen LogP contribution in [0.4, 0.5) is 5.69 Å². The van der Waals surface area contributed by atoms with E-state index in [0.717, 1.165) is 4.47 Å². The highest BCUT2D eigenvalue weighted by molar-refractivity contribution is 9.10. The SMILES string of the molecule is COc1cc(C2c3c(oc4ccc(Cl)cc4c3=O)C(=O)N2c2cccc(Br)c2)ccc1O. The van der Waals surface area contributed by atoms with Crippen LogP contribution >= 0.6 is 27.5 Å². The molecule has 1 aliphatic rings. The number of amides is 1. The third kappa shape index (κ3) is 3.16. The molecule has 0 radical (unpaired) electrons. The number of rotatable bonds is 3. The van der Waals surface area contributed by atoms with Crippen molar-refractivity contribution in [1.29, 1.82) is 0 Å². The number of carbonyl (C=O) groups is 1. The highest BCUT2D eigenvalue weighted by atomic mass is 79.9. The second-order valence-corrected chi connectivity index (χ2v) is 8.66. The highest BCUT2D eigenvalue weighted by Crippen LogP contribution is 2.43. The van der Waals surface area contributed by atoms with E-state index in [-0.39, 0.29) is 39.2 Å². The minimum Gasteiger partial charge on any atom is -0.504 e. The third-order valence-electron chi connectivity index (χ3n) is 5.44. The lowest BCUT2D eigenvalue weighted by Gasteiger charge is -2.25. The van der Waals surface area contributed by atoms with Crippen molar-refractivity contribution in [3.8, 4) is 11.5 Å². The van der Waals surface area contributed by atoms with Crippen LogP contribution in [0.2, 0.25) is 5.02 Å². The average Bonchev–Trinajstić information content (AvgIpc) is 3.07. The number of methoxy groups -OCH3 is 1. The molecule has 3 aromatic carbocycles. The number of anilines is 1. The number of ether oxygens (including phenoxy) is 1. The molecule has 5 rings (SSSR count). The van der Waals surface area contributed by atoms with Crippen molar-refractivity contribution in [3.63, 3.8) is 0 Å². The van der Waals surface area contributed by atoms with Crippen molar-refractivity contribution in [2.45, 2.75) is 6.04 Å².